The lowest BCUT2D eigenvalue weighted by Gasteiger charge is -2.18. The van der Waals surface area contributed by atoms with Crippen LogP contribution >= 0.6 is 11.6 Å². The lowest BCUT2D eigenvalue weighted by molar-refractivity contribution is 0.535. The topological polar surface area (TPSA) is 25.2 Å². The standard InChI is InChI=1S/C15H18ClNO/c1-3-17-15(8-12-6-7-18-10-12)13-5-4-11(2)14(16)9-13/h4-7,9-10,15,17H,3,8H2,1-2H3. The van der Waals surface area contributed by atoms with Crippen molar-refractivity contribution in [1.29, 1.82) is 0 Å². The second-order valence-electron chi connectivity index (χ2n) is 4.45. The number of halogens is 1. The maximum Gasteiger partial charge on any atom is 0.0935 e. The minimum atomic E-state index is 0.269. The van der Waals surface area contributed by atoms with Gasteiger partial charge in [0.05, 0.1) is 12.5 Å². The monoisotopic (exact) mass is 263 g/mol. The van der Waals surface area contributed by atoms with Crippen molar-refractivity contribution in [3.8, 4) is 0 Å². The average molecular weight is 264 g/mol. The SMILES string of the molecule is CCNC(Cc1ccoc1)c1ccc(C)c(Cl)c1. The third-order valence-electron chi connectivity index (χ3n) is 3.07. The Morgan fingerprint density at radius 2 is 2.17 bits per heavy atom. The molecule has 2 aromatic rings. The molecule has 1 atom stereocenters. The van der Waals surface area contributed by atoms with Gasteiger partial charge in [0.2, 0.25) is 0 Å². The van der Waals surface area contributed by atoms with Crippen LogP contribution in [0.1, 0.15) is 29.7 Å². The molecular formula is C15H18ClNO. The highest BCUT2D eigenvalue weighted by Gasteiger charge is 2.12. The number of furan rings is 1. The molecular weight excluding hydrogens is 246 g/mol. The van der Waals surface area contributed by atoms with Crippen LogP contribution < -0.4 is 5.32 Å². The Morgan fingerprint density at radius 3 is 2.78 bits per heavy atom. The zero-order valence-electron chi connectivity index (χ0n) is 10.7. The summed E-state index contributed by atoms with van der Waals surface area (Å²) in [6.07, 6.45) is 4.41. The molecule has 1 aromatic heterocycles. The molecule has 1 N–H and O–H groups in total. The summed E-state index contributed by atoms with van der Waals surface area (Å²) >= 11 is 6.19. The predicted octanol–water partition coefficient (Wildman–Crippen LogP) is 4.13. The smallest absolute Gasteiger partial charge is 0.0935 e. The molecule has 0 amide bonds. The molecule has 0 aliphatic rings. The van der Waals surface area contributed by atoms with Gasteiger partial charge in [0, 0.05) is 11.1 Å². The summed E-state index contributed by atoms with van der Waals surface area (Å²) in [4.78, 5) is 0. The minimum absolute atomic E-state index is 0.269. The summed E-state index contributed by atoms with van der Waals surface area (Å²) in [5.74, 6) is 0. The Labute approximate surface area is 113 Å². The second kappa shape index (κ2) is 6.07. The number of hydrogen-bond donors (Lipinski definition) is 1. The van der Waals surface area contributed by atoms with Crippen molar-refractivity contribution in [2.24, 2.45) is 0 Å². The van der Waals surface area contributed by atoms with Gasteiger partial charge in [0.1, 0.15) is 0 Å². The van der Waals surface area contributed by atoms with Crippen LogP contribution in [0.25, 0.3) is 0 Å². The highest BCUT2D eigenvalue weighted by molar-refractivity contribution is 6.31. The zero-order valence-corrected chi connectivity index (χ0v) is 11.5. The van der Waals surface area contributed by atoms with Crippen LogP contribution in [0.4, 0.5) is 0 Å². The van der Waals surface area contributed by atoms with Crippen molar-refractivity contribution in [3.63, 3.8) is 0 Å². The van der Waals surface area contributed by atoms with Gasteiger partial charge in [-0.25, -0.2) is 0 Å². The highest BCUT2D eigenvalue weighted by atomic mass is 35.5. The second-order valence-corrected chi connectivity index (χ2v) is 4.86. The summed E-state index contributed by atoms with van der Waals surface area (Å²) in [6.45, 7) is 5.05. The number of aryl methyl sites for hydroxylation is 1. The first-order chi connectivity index (χ1) is 8.70. The van der Waals surface area contributed by atoms with Crippen LogP contribution in [0.3, 0.4) is 0 Å². The Hall–Kier alpha value is -1.25. The lowest BCUT2D eigenvalue weighted by atomic mass is 9.99. The van der Waals surface area contributed by atoms with Gasteiger partial charge >= 0.3 is 0 Å². The molecule has 2 rings (SSSR count). The quantitative estimate of drug-likeness (QED) is 0.877. The molecule has 0 aliphatic carbocycles. The molecule has 0 spiro atoms. The van der Waals surface area contributed by atoms with Crippen LogP contribution in [0.2, 0.25) is 5.02 Å². The van der Waals surface area contributed by atoms with Crippen molar-refractivity contribution >= 4 is 11.6 Å². The molecule has 2 nitrogen and oxygen atoms in total. The van der Waals surface area contributed by atoms with E-state index >= 15 is 0 Å². The molecule has 0 bridgehead atoms. The van der Waals surface area contributed by atoms with E-state index in [1.807, 2.05) is 19.1 Å². The first-order valence-corrected chi connectivity index (χ1v) is 6.59. The van der Waals surface area contributed by atoms with Crippen molar-refractivity contribution in [2.75, 3.05) is 6.54 Å². The van der Waals surface area contributed by atoms with E-state index in [2.05, 4.69) is 24.4 Å². The fourth-order valence-corrected chi connectivity index (χ4v) is 2.21. The third-order valence-corrected chi connectivity index (χ3v) is 3.48. The summed E-state index contributed by atoms with van der Waals surface area (Å²) in [7, 11) is 0. The molecule has 18 heavy (non-hydrogen) atoms. The van der Waals surface area contributed by atoms with Crippen molar-refractivity contribution in [2.45, 2.75) is 26.3 Å². The fraction of sp³-hybridized carbons (Fsp3) is 0.333. The average Bonchev–Trinajstić information content (AvgIpc) is 2.85. The molecule has 96 valence electrons. The Bertz CT molecular complexity index is 493. The van der Waals surface area contributed by atoms with Crippen molar-refractivity contribution < 1.29 is 4.42 Å². The largest absolute Gasteiger partial charge is 0.472 e. The predicted molar refractivity (Wildman–Crippen MR) is 75.0 cm³/mol. The normalized spacial score (nSPS) is 12.6. The van der Waals surface area contributed by atoms with Crippen LogP contribution in [0, 0.1) is 6.92 Å². The van der Waals surface area contributed by atoms with Gasteiger partial charge in [0.15, 0.2) is 0 Å². The highest BCUT2D eigenvalue weighted by Crippen LogP contribution is 2.24. The van der Waals surface area contributed by atoms with Gasteiger partial charge in [-0.3, -0.25) is 0 Å². The van der Waals surface area contributed by atoms with E-state index in [4.69, 9.17) is 16.0 Å². The lowest BCUT2D eigenvalue weighted by Crippen LogP contribution is -2.22. The van der Waals surface area contributed by atoms with Gasteiger partial charge in [-0.1, -0.05) is 30.7 Å². The van der Waals surface area contributed by atoms with E-state index in [-0.39, 0.29) is 6.04 Å². The van der Waals surface area contributed by atoms with Gasteiger partial charge in [-0.05, 0) is 48.7 Å². The molecule has 0 saturated carbocycles. The van der Waals surface area contributed by atoms with Gasteiger partial charge in [0.25, 0.3) is 0 Å². The Morgan fingerprint density at radius 1 is 1.33 bits per heavy atom. The number of hydrogen-bond acceptors (Lipinski definition) is 2. The summed E-state index contributed by atoms with van der Waals surface area (Å²) in [6, 6.07) is 8.52. The van der Waals surface area contributed by atoms with E-state index < -0.39 is 0 Å². The van der Waals surface area contributed by atoms with E-state index in [0.717, 1.165) is 23.6 Å². The molecule has 0 fully saturated rings. The van der Waals surface area contributed by atoms with Crippen LogP contribution in [0.5, 0.6) is 0 Å². The van der Waals surface area contributed by atoms with Crippen LogP contribution in [0.15, 0.2) is 41.2 Å². The Balaban J connectivity index is 2.20. The van der Waals surface area contributed by atoms with E-state index in [9.17, 15) is 0 Å². The molecule has 0 radical (unpaired) electrons. The number of benzene rings is 1. The van der Waals surface area contributed by atoms with E-state index in [0.29, 0.717) is 0 Å². The maximum atomic E-state index is 6.19. The molecule has 3 heteroatoms. The number of rotatable bonds is 5. The summed E-state index contributed by atoms with van der Waals surface area (Å²) in [5.41, 5.74) is 3.52. The van der Waals surface area contributed by atoms with Gasteiger partial charge in [-0.15, -0.1) is 0 Å². The number of likely N-dealkylation sites (N-methyl/N-ethyl adjacent to an activating group) is 1. The van der Waals surface area contributed by atoms with Crippen LogP contribution in [-0.2, 0) is 6.42 Å². The van der Waals surface area contributed by atoms with Crippen LogP contribution in [-0.4, -0.2) is 6.54 Å². The number of nitrogens with one attached hydrogen (secondary N) is 1. The summed E-state index contributed by atoms with van der Waals surface area (Å²) < 4.78 is 5.12. The molecule has 0 aliphatic heterocycles. The molecule has 0 saturated heterocycles. The van der Waals surface area contributed by atoms with Gasteiger partial charge < -0.3 is 9.73 Å². The minimum Gasteiger partial charge on any atom is -0.472 e. The molecule has 1 aromatic carbocycles. The first kappa shape index (κ1) is 13.2. The molecule has 1 heterocycles. The fourth-order valence-electron chi connectivity index (χ4n) is 2.02. The van der Waals surface area contributed by atoms with Crippen molar-refractivity contribution in [1.82, 2.24) is 5.32 Å². The first-order valence-electron chi connectivity index (χ1n) is 6.21. The zero-order chi connectivity index (χ0) is 13.0. The maximum absolute atomic E-state index is 6.19. The Kier molecular flexibility index (Phi) is 4.45. The van der Waals surface area contributed by atoms with E-state index in [1.165, 1.54) is 11.1 Å². The van der Waals surface area contributed by atoms with Crippen molar-refractivity contribution in [3.05, 3.63) is 58.5 Å². The summed E-state index contributed by atoms with van der Waals surface area (Å²) in [5, 5.41) is 4.31. The third kappa shape index (κ3) is 3.15. The molecule has 1 unspecified atom stereocenters. The van der Waals surface area contributed by atoms with Gasteiger partial charge in [-0.2, -0.15) is 0 Å². The van der Waals surface area contributed by atoms with E-state index in [1.54, 1.807) is 12.5 Å².